The van der Waals surface area contributed by atoms with Gasteiger partial charge in [0.15, 0.2) is 0 Å². The van der Waals surface area contributed by atoms with Crippen LogP contribution in [0.15, 0.2) is 35.5 Å². The average Bonchev–Trinajstić information content (AvgIpc) is 3.21. The second-order valence-corrected chi connectivity index (χ2v) is 7.85. The van der Waals surface area contributed by atoms with Gasteiger partial charge in [-0.1, -0.05) is 0 Å². The van der Waals surface area contributed by atoms with Crippen LogP contribution in [0, 0.1) is 0 Å². The number of amides is 1. The molecule has 0 aromatic carbocycles. The zero-order valence-corrected chi connectivity index (χ0v) is 16.2. The van der Waals surface area contributed by atoms with Crippen LogP contribution in [0.4, 0.5) is 5.69 Å². The Kier molecular flexibility index (Phi) is 6.62. The van der Waals surface area contributed by atoms with Crippen LogP contribution in [0.25, 0.3) is 0 Å². The van der Waals surface area contributed by atoms with Crippen LogP contribution < -0.4 is 10.1 Å². The van der Waals surface area contributed by atoms with Crippen LogP contribution in [-0.4, -0.2) is 75.2 Å². The van der Waals surface area contributed by atoms with Gasteiger partial charge in [-0.3, -0.25) is 4.79 Å². The van der Waals surface area contributed by atoms with Gasteiger partial charge in [0.25, 0.3) is 5.91 Å². The molecule has 0 bridgehead atoms. The molecule has 2 N–H and O–H groups in total. The molecule has 1 amide bonds. The van der Waals surface area contributed by atoms with E-state index in [1.54, 1.807) is 25.4 Å². The lowest BCUT2D eigenvalue weighted by Crippen LogP contribution is -2.40. The SMILES string of the molecule is COCCOc1ncccc1NC(=O)c1cc(S(=O)(=O)N2CCOCC2)c[nH]1. The molecule has 1 fully saturated rings. The van der Waals surface area contributed by atoms with Gasteiger partial charge in [-0.2, -0.15) is 4.31 Å². The maximum Gasteiger partial charge on any atom is 0.272 e. The minimum atomic E-state index is -3.68. The summed E-state index contributed by atoms with van der Waals surface area (Å²) in [7, 11) is -2.13. The van der Waals surface area contributed by atoms with Gasteiger partial charge in [0.1, 0.15) is 22.9 Å². The molecule has 1 aliphatic rings. The van der Waals surface area contributed by atoms with E-state index in [-0.39, 0.29) is 36.2 Å². The summed E-state index contributed by atoms with van der Waals surface area (Å²) < 4.78 is 42.2. The van der Waals surface area contributed by atoms with Crippen LogP contribution in [0.5, 0.6) is 5.88 Å². The molecule has 0 unspecified atom stereocenters. The largest absolute Gasteiger partial charge is 0.474 e. The average molecular weight is 410 g/mol. The summed E-state index contributed by atoms with van der Waals surface area (Å²) in [5.74, 6) is -0.256. The summed E-state index contributed by atoms with van der Waals surface area (Å²) >= 11 is 0. The van der Waals surface area contributed by atoms with Crippen molar-refractivity contribution in [1.82, 2.24) is 14.3 Å². The van der Waals surface area contributed by atoms with E-state index in [2.05, 4.69) is 15.3 Å². The van der Waals surface area contributed by atoms with Gasteiger partial charge >= 0.3 is 0 Å². The number of anilines is 1. The van der Waals surface area contributed by atoms with Gasteiger partial charge < -0.3 is 24.5 Å². The molecule has 0 spiro atoms. The van der Waals surface area contributed by atoms with Crippen LogP contribution in [0.2, 0.25) is 0 Å². The fraction of sp³-hybridized carbons (Fsp3) is 0.412. The van der Waals surface area contributed by atoms with Crippen LogP contribution in [0.3, 0.4) is 0 Å². The Morgan fingerprint density at radius 2 is 2.14 bits per heavy atom. The number of aromatic amines is 1. The second-order valence-electron chi connectivity index (χ2n) is 5.92. The summed E-state index contributed by atoms with van der Waals surface area (Å²) in [6, 6.07) is 4.60. The minimum absolute atomic E-state index is 0.0299. The first kappa shape index (κ1) is 20.3. The number of nitrogens with one attached hydrogen (secondary N) is 2. The summed E-state index contributed by atoms with van der Waals surface area (Å²) in [6.07, 6.45) is 2.85. The Morgan fingerprint density at radius 1 is 1.36 bits per heavy atom. The van der Waals surface area contributed by atoms with E-state index in [9.17, 15) is 13.2 Å². The second kappa shape index (κ2) is 9.15. The van der Waals surface area contributed by atoms with Gasteiger partial charge in [0, 0.05) is 32.6 Å². The van der Waals surface area contributed by atoms with E-state index in [4.69, 9.17) is 14.2 Å². The lowest BCUT2D eigenvalue weighted by atomic mass is 10.3. The predicted molar refractivity (Wildman–Crippen MR) is 99.9 cm³/mol. The van der Waals surface area contributed by atoms with E-state index in [1.165, 1.54) is 16.6 Å². The fourth-order valence-electron chi connectivity index (χ4n) is 2.60. The first-order valence-corrected chi connectivity index (χ1v) is 10.1. The fourth-order valence-corrected chi connectivity index (χ4v) is 4.01. The molecule has 1 aliphatic heterocycles. The number of H-pyrrole nitrogens is 1. The van der Waals surface area contributed by atoms with Crippen molar-refractivity contribution in [2.75, 3.05) is 51.9 Å². The Hall–Kier alpha value is -2.47. The van der Waals surface area contributed by atoms with Crippen LogP contribution in [0.1, 0.15) is 10.5 Å². The number of hydrogen-bond donors (Lipinski definition) is 2. The van der Waals surface area contributed by atoms with Gasteiger partial charge in [0.05, 0.1) is 19.8 Å². The number of ether oxygens (including phenoxy) is 3. The van der Waals surface area contributed by atoms with E-state index >= 15 is 0 Å². The highest BCUT2D eigenvalue weighted by Crippen LogP contribution is 2.22. The molecule has 2 aromatic heterocycles. The number of morpholine rings is 1. The maximum atomic E-state index is 12.7. The molecule has 3 heterocycles. The van der Waals surface area contributed by atoms with Crippen molar-refractivity contribution in [2.24, 2.45) is 0 Å². The number of pyridine rings is 1. The number of carbonyl (C=O) groups is 1. The molecule has 3 rings (SSSR count). The molecular formula is C17H22N4O6S. The van der Waals surface area contributed by atoms with Gasteiger partial charge in [0.2, 0.25) is 15.9 Å². The summed E-state index contributed by atoms with van der Waals surface area (Å²) in [6.45, 7) is 1.93. The van der Waals surface area contributed by atoms with Crippen molar-refractivity contribution >= 4 is 21.6 Å². The van der Waals surface area contributed by atoms with Crippen molar-refractivity contribution < 1.29 is 27.4 Å². The number of sulfonamides is 1. The standard InChI is InChI=1S/C17H22N4O6S/c1-25-9-10-27-17-14(3-2-4-18-17)20-16(22)15-11-13(12-19-15)28(23,24)21-5-7-26-8-6-21/h2-4,11-12,19H,5-10H2,1H3,(H,20,22). The zero-order valence-electron chi connectivity index (χ0n) is 15.4. The van der Waals surface area contributed by atoms with E-state index < -0.39 is 15.9 Å². The first-order chi connectivity index (χ1) is 13.5. The molecule has 10 nitrogen and oxygen atoms in total. The third-order valence-electron chi connectivity index (χ3n) is 4.05. The third kappa shape index (κ3) is 4.68. The highest BCUT2D eigenvalue weighted by Gasteiger charge is 2.28. The molecule has 152 valence electrons. The number of aromatic nitrogens is 2. The Balaban J connectivity index is 1.71. The van der Waals surface area contributed by atoms with Gasteiger partial charge in [-0.05, 0) is 18.2 Å². The smallest absolute Gasteiger partial charge is 0.272 e. The summed E-state index contributed by atoms with van der Waals surface area (Å²) in [5, 5.41) is 2.67. The van der Waals surface area contributed by atoms with Crippen molar-refractivity contribution in [3.63, 3.8) is 0 Å². The monoisotopic (exact) mass is 410 g/mol. The van der Waals surface area contributed by atoms with Crippen molar-refractivity contribution in [2.45, 2.75) is 4.90 Å². The van der Waals surface area contributed by atoms with E-state index in [0.717, 1.165) is 0 Å². The Bertz CT molecular complexity index is 908. The lowest BCUT2D eigenvalue weighted by molar-refractivity contribution is 0.0730. The van der Waals surface area contributed by atoms with E-state index in [1.807, 2.05) is 0 Å². The minimum Gasteiger partial charge on any atom is -0.474 e. The molecule has 0 saturated carbocycles. The normalized spacial score (nSPS) is 15.3. The first-order valence-electron chi connectivity index (χ1n) is 8.67. The number of methoxy groups -OCH3 is 1. The molecule has 0 atom stereocenters. The molecule has 1 saturated heterocycles. The molecule has 0 radical (unpaired) electrons. The number of rotatable bonds is 8. The van der Waals surface area contributed by atoms with Crippen LogP contribution >= 0.6 is 0 Å². The maximum absolute atomic E-state index is 12.7. The van der Waals surface area contributed by atoms with Gasteiger partial charge in [-0.15, -0.1) is 0 Å². The third-order valence-corrected chi connectivity index (χ3v) is 5.93. The molecule has 11 heteroatoms. The highest BCUT2D eigenvalue weighted by molar-refractivity contribution is 7.89. The number of hydrogen-bond acceptors (Lipinski definition) is 7. The number of carbonyl (C=O) groups excluding carboxylic acids is 1. The van der Waals surface area contributed by atoms with Gasteiger partial charge in [-0.25, -0.2) is 13.4 Å². The van der Waals surface area contributed by atoms with E-state index in [0.29, 0.717) is 25.5 Å². The number of nitrogens with zero attached hydrogens (tertiary/aromatic N) is 2. The van der Waals surface area contributed by atoms with Crippen molar-refractivity contribution in [3.05, 3.63) is 36.3 Å². The summed E-state index contributed by atoms with van der Waals surface area (Å²) in [4.78, 5) is 19.4. The van der Waals surface area contributed by atoms with Crippen molar-refractivity contribution in [1.29, 1.82) is 0 Å². The predicted octanol–water partition coefficient (Wildman–Crippen LogP) is 0.708. The summed E-state index contributed by atoms with van der Waals surface area (Å²) in [5.41, 5.74) is 0.481. The molecule has 0 aliphatic carbocycles. The molecule has 2 aromatic rings. The Labute approximate surface area is 162 Å². The Morgan fingerprint density at radius 3 is 2.89 bits per heavy atom. The topological polar surface area (TPSA) is 123 Å². The molecule has 28 heavy (non-hydrogen) atoms. The highest BCUT2D eigenvalue weighted by atomic mass is 32.2. The van der Waals surface area contributed by atoms with Crippen LogP contribution in [-0.2, 0) is 19.5 Å². The quantitative estimate of drug-likeness (QED) is 0.614. The molecular weight excluding hydrogens is 388 g/mol. The zero-order chi connectivity index (χ0) is 20.0. The lowest BCUT2D eigenvalue weighted by Gasteiger charge is -2.25. The van der Waals surface area contributed by atoms with Crippen molar-refractivity contribution in [3.8, 4) is 5.88 Å².